The molecule has 0 aliphatic carbocycles. The highest BCUT2D eigenvalue weighted by atomic mass is 16.2. The van der Waals surface area contributed by atoms with Crippen LogP contribution < -0.4 is 5.56 Å². The molecule has 2 aromatic carbocycles. The summed E-state index contributed by atoms with van der Waals surface area (Å²) in [7, 11) is 0. The van der Waals surface area contributed by atoms with E-state index < -0.39 is 0 Å². The number of pyridine rings is 1. The molecule has 0 saturated carbocycles. The molecule has 0 fully saturated rings. The zero-order chi connectivity index (χ0) is 19.1. The number of benzene rings is 2. The summed E-state index contributed by atoms with van der Waals surface area (Å²) in [6, 6.07) is 21.2. The maximum absolute atomic E-state index is 13.0. The average Bonchev–Trinajstić information content (AvgIpc) is 3.12. The zero-order valence-corrected chi connectivity index (χ0v) is 15.2. The normalized spacial score (nSPS) is 13.5. The molecular weight excluding hydrogens is 350 g/mol. The van der Waals surface area contributed by atoms with Gasteiger partial charge in [0.15, 0.2) is 0 Å². The van der Waals surface area contributed by atoms with Crippen LogP contribution in [0.15, 0.2) is 71.5 Å². The van der Waals surface area contributed by atoms with E-state index in [1.54, 1.807) is 17.0 Å². The van der Waals surface area contributed by atoms with Crippen LogP contribution in [0.3, 0.4) is 0 Å². The van der Waals surface area contributed by atoms with Gasteiger partial charge in [-0.2, -0.15) is 0 Å². The Morgan fingerprint density at radius 2 is 1.68 bits per heavy atom. The van der Waals surface area contributed by atoms with E-state index in [0.29, 0.717) is 18.8 Å². The predicted octanol–water partition coefficient (Wildman–Crippen LogP) is 3.72. The summed E-state index contributed by atoms with van der Waals surface area (Å²) in [5.41, 5.74) is 4.87. The van der Waals surface area contributed by atoms with Crippen molar-refractivity contribution in [1.29, 1.82) is 0 Å². The van der Waals surface area contributed by atoms with Gasteiger partial charge in [-0.25, -0.2) is 0 Å². The minimum absolute atomic E-state index is 0.183. The summed E-state index contributed by atoms with van der Waals surface area (Å²) >= 11 is 0. The van der Waals surface area contributed by atoms with Crippen LogP contribution in [0.1, 0.15) is 21.6 Å². The molecule has 2 aromatic heterocycles. The summed E-state index contributed by atoms with van der Waals surface area (Å²) in [5.74, 6) is -0.225. The first-order chi connectivity index (χ1) is 13.7. The molecule has 2 N–H and O–H groups in total. The number of aromatic amines is 2. The number of amides is 1. The number of carbonyl (C=O) groups is 1. The van der Waals surface area contributed by atoms with Crippen molar-refractivity contribution in [1.82, 2.24) is 14.9 Å². The largest absolute Gasteiger partial charge is 0.358 e. The topological polar surface area (TPSA) is 69.0 Å². The maximum Gasteiger partial charge on any atom is 0.261 e. The Bertz CT molecular complexity index is 1240. The lowest BCUT2D eigenvalue weighted by Crippen LogP contribution is -2.38. The van der Waals surface area contributed by atoms with E-state index in [2.05, 4.69) is 16.0 Å². The first-order valence-electron chi connectivity index (χ1n) is 9.37. The maximum atomic E-state index is 13.0. The fourth-order valence-electron chi connectivity index (χ4n) is 3.94. The van der Waals surface area contributed by atoms with Crippen LogP contribution >= 0.6 is 0 Å². The SMILES string of the molecule is O=C(c1ccc(-c2ccccc2)[nH]c1=O)N1CCc2[nH]c3ccccc3c2C1. The van der Waals surface area contributed by atoms with Gasteiger partial charge in [0.25, 0.3) is 11.5 Å². The van der Waals surface area contributed by atoms with Gasteiger partial charge in [-0.05, 0) is 23.8 Å². The van der Waals surface area contributed by atoms with Gasteiger partial charge in [-0.1, -0.05) is 48.5 Å². The second kappa shape index (κ2) is 6.53. The third-order valence-corrected chi connectivity index (χ3v) is 5.39. The van der Waals surface area contributed by atoms with Crippen molar-refractivity contribution in [3.8, 4) is 11.3 Å². The lowest BCUT2D eigenvalue weighted by Gasteiger charge is -2.27. The molecule has 1 aliphatic rings. The van der Waals surface area contributed by atoms with Gasteiger partial charge in [0.05, 0.1) is 0 Å². The van der Waals surface area contributed by atoms with E-state index in [1.165, 1.54) is 5.69 Å². The van der Waals surface area contributed by atoms with Crippen LogP contribution in [0.5, 0.6) is 0 Å². The lowest BCUT2D eigenvalue weighted by atomic mass is 10.0. The summed E-state index contributed by atoms with van der Waals surface area (Å²) in [6.45, 7) is 1.11. The van der Waals surface area contributed by atoms with Crippen LogP contribution in [-0.2, 0) is 13.0 Å². The molecule has 1 aliphatic heterocycles. The van der Waals surface area contributed by atoms with Crippen molar-refractivity contribution in [2.75, 3.05) is 6.54 Å². The average molecular weight is 369 g/mol. The van der Waals surface area contributed by atoms with Crippen LogP contribution in [0.2, 0.25) is 0 Å². The van der Waals surface area contributed by atoms with Crippen LogP contribution in [0.4, 0.5) is 0 Å². The number of para-hydroxylation sites is 1. The van der Waals surface area contributed by atoms with E-state index in [9.17, 15) is 9.59 Å². The van der Waals surface area contributed by atoms with E-state index in [-0.39, 0.29) is 17.0 Å². The van der Waals surface area contributed by atoms with E-state index >= 15 is 0 Å². The predicted molar refractivity (Wildman–Crippen MR) is 109 cm³/mol. The number of nitrogens with one attached hydrogen (secondary N) is 2. The molecular formula is C23H19N3O2. The van der Waals surface area contributed by atoms with E-state index in [4.69, 9.17) is 0 Å². The number of hydrogen-bond donors (Lipinski definition) is 2. The number of carbonyl (C=O) groups excluding carboxylic acids is 1. The molecule has 0 radical (unpaired) electrons. The molecule has 28 heavy (non-hydrogen) atoms. The Morgan fingerprint density at radius 3 is 2.50 bits per heavy atom. The van der Waals surface area contributed by atoms with Gasteiger partial charge in [0.1, 0.15) is 5.56 Å². The number of H-pyrrole nitrogens is 2. The van der Waals surface area contributed by atoms with Crippen molar-refractivity contribution >= 4 is 16.8 Å². The number of hydrogen-bond acceptors (Lipinski definition) is 2. The molecule has 138 valence electrons. The van der Waals surface area contributed by atoms with Crippen molar-refractivity contribution in [3.63, 3.8) is 0 Å². The Kier molecular flexibility index (Phi) is 3.86. The van der Waals surface area contributed by atoms with Gasteiger partial charge in [-0.15, -0.1) is 0 Å². The van der Waals surface area contributed by atoms with Gasteiger partial charge < -0.3 is 14.9 Å². The number of rotatable bonds is 2. The minimum Gasteiger partial charge on any atom is -0.358 e. The summed E-state index contributed by atoms with van der Waals surface area (Å²) in [5, 5.41) is 1.14. The molecule has 1 amide bonds. The Morgan fingerprint density at radius 1 is 0.893 bits per heavy atom. The van der Waals surface area contributed by atoms with Crippen LogP contribution in [0, 0.1) is 0 Å². The Hall–Kier alpha value is -3.60. The first-order valence-corrected chi connectivity index (χ1v) is 9.37. The fraction of sp³-hybridized carbons (Fsp3) is 0.130. The molecule has 0 unspecified atom stereocenters. The first kappa shape index (κ1) is 16.6. The third-order valence-electron chi connectivity index (χ3n) is 5.39. The Balaban J connectivity index is 1.45. The third kappa shape index (κ3) is 2.72. The molecule has 0 atom stereocenters. The molecule has 4 aromatic rings. The lowest BCUT2D eigenvalue weighted by molar-refractivity contribution is 0.0733. The van der Waals surface area contributed by atoms with Gasteiger partial charge in [0.2, 0.25) is 0 Å². The molecule has 0 saturated heterocycles. The molecule has 5 nitrogen and oxygen atoms in total. The highest BCUT2D eigenvalue weighted by Gasteiger charge is 2.26. The standard InChI is InChI=1S/C23H19N3O2/c27-22-17(10-11-19(25-22)15-6-2-1-3-7-15)23(28)26-13-12-21-18(14-26)16-8-4-5-9-20(16)24-21/h1-11,24H,12-14H2,(H,25,27). The number of aromatic nitrogens is 2. The monoisotopic (exact) mass is 369 g/mol. The van der Waals surface area contributed by atoms with Gasteiger partial charge >= 0.3 is 0 Å². The second-order valence-corrected chi connectivity index (χ2v) is 7.09. The summed E-state index contributed by atoms with van der Waals surface area (Å²) in [4.78, 5) is 33.7. The van der Waals surface area contributed by atoms with E-state index in [1.807, 2.05) is 48.5 Å². The van der Waals surface area contributed by atoms with Gasteiger partial charge in [-0.3, -0.25) is 9.59 Å². The molecule has 5 heteroatoms. The van der Waals surface area contributed by atoms with Crippen molar-refractivity contribution in [2.45, 2.75) is 13.0 Å². The number of fused-ring (bicyclic) bond motifs is 3. The highest BCUT2D eigenvalue weighted by molar-refractivity contribution is 5.95. The Labute approximate surface area is 161 Å². The van der Waals surface area contributed by atoms with Crippen molar-refractivity contribution in [3.05, 3.63) is 93.9 Å². The smallest absolute Gasteiger partial charge is 0.261 e. The van der Waals surface area contributed by atoms with Crippen LogP contribution in [-0.4, -0.2) is 27.3 Å². The van der Waals surface area contributed by atoms with Crippen LogP contribution in [0.25, 0.3) is 22.2 Å². The molecule has 0 bridgehead atoms. The minimum atomic E-state index is -0.351. The second-order valence-electron chi connectivity index (χ2n) is 7.09. The van der Waals surface area contributed by atoms with Crippen molar-refractivity contribution in [2.24, 2.45) is 0 Å². The van der Waals surface area contributed by atoms with Crippen molar-refractivity contribution < 1.29 is 4.79 Å². The van der Waals surface area contributed by atoms with Gasteiger partial charge in [0, 0.05) is 47.4 Å². The fourth-order valence-corrected chi connectivity index (χ4v) is 3.94. The molecule has 3 heterocycles. The molecule has 0 spiro atoms. The quantitative estimate of drug-likeness (QED) is 0.565. The zero-order valence-electron chi connectivity index (χ0n) is 15.2. The number of nitrogens with zero attached hydrogens (tertiary/aromatic N) is 1. The molecule has 5 rings (SSSR count). The highest BCUT2D eigenvalue weighted by Crippen LogP contribution is 2.28. The summed E-state index contributed by atoms with van der Waals surface area (Å²) in [6.07, 6.45) is 0.760. The van der Waals surface area contributed by atoms with E-state index in [0.717, 1.165) is 28.5 Å². The summed E-state index contributed by atoms with van der Waals surface area (Å²) < 4.78 is 0.